The summed E-state index contributed by atoms with van der Waals surface area (Å²) in [4.78, 5) is 0. The fraction of sp³-hybridized carbons (Fsp3) is 1.00. The molecule has 0 N–H and O–H groups in total. The fourth-order valence-corrected chi connectivity index (χ4v) is 20.7. The van der Waals surface area contributed by atoms with Gasteiger partial charge in [-0.2, -0.15) is 0 Å². The SMILES string of the molecule is CCCC1C(C(C)[C@@H](C)[C@@H]2[C@@H]3[C@@H]4[C@@H]5[C@@H]6CC7CC(CC)[C@]76[C@@]56C(CC)C(C)C(CC)[C@@]46[C@]3(C(CC)CC)[C@@H]2CCC)C[C@H]1CCC. The molecule has 20 atom stereocenters. The van der Waals surface area contributed by atoms with E-state index in [1.807, 2.05) is 0 Å². The van der Waals surface area contributed by atoms with E-state index in [9.17, 15) is 0 Å². The molecule has 0 nitrogen and oxygen atoms in total. The summed E-state index contributed by atoms with van der Waals surface area (Å²) < 4.78 is 0. The first-order valence-corrected chi connectivity index (χ1v) is 22.2. The lowest BCUT2D eigenvalue weighted by Gasteiger charge is -3.07. The first-order valence-electron chi connectivity index (χ1n) is 22.2. The van der Waals surface area contributed by atoms with Gasteiger partial charge in [-0.3, -0.25) is 0 Å². The molecular weight excluding hydrogens is 553 g/mol. The summed E-state index contributed by atoms with van der Waals surface area (Å²) in [5, 5.41) is 0. The fourth-order valence-electron chi connectivity index (χ4n) is 20.7. The summed E-state index contributed by atoms with van der Waals surface area (Å²) in [5.41, 5.74) is 2.91. The molecule has 0 aromatic heterocycles. The second-order valence-electron chi connectivity index (χ2n) is 20.1. The van der Waals surface area contributed by atoms with Crippen molar-refractivity contribution in [3.8, 4) is 0 Å². The zero-order valence-corrected chi connectivity index (χ0v) is 32.7. The normalized spacial score (nSPS) is 57.7. The highest BCUT2D eigenvalue weighted by atomic mass is 15.1. The molecule has 8 rings (SSSR count). The molecule has 3 spiro atoms. The van der Waals surface area contributed by atoms with Crippen LogP contribution in [0.2, 0.25) is 0 Å². The van der Waals surface area contributed by atoms with Crippen molar-refractivity contribution >= 4 is 0 Å². The molecule has 0 heterocycles. The van der Waals surface area contributed by atoms with Crippen LogP contribution in [0.3, 0.4) is 0 Å². The van der Waals surface area contributed by atoms with Crippen LogP contribution in [0, 0.1) is 122 Å². The number of fused-ring (bicyclic) bond motifs is 4. The third-order valence-corrected chi connectivity index (χ3v) is 20.7. The molecule has 0 radical (unpaired) electrons. The summed E-state index contributed by atoms with van der Waals surface area (Å²) in [6, 6.07) is 0. The van der Waals surface area contributed by atoms with Crippen LogP contribution in [0.15, 0.2) is 0 Å². The van der Waals surface area contributed by atoms with Crippen molar-refractivity contribution in [3.63, 3.8) is 0 Å². The standard InChI is InChI=1S/C46H78/c1-12-20-29-23-34(33(29)21-13-2)26(9)27(10)39-37(22-14-3)44(30(15-4)16-5)41(39)42-40-38-25-32-24-31(17-6)43(32,38)45(40)35(18-7)28(11)36(19-8)46(42,44)45/h26-42H,12-25H2,1-11H3/t26?,27-,28?,29-,31?,32?,33?,34?,35?,36?,37-,38+,39+,40+,41-,42+,43+,44-,45-,46+/m1/s1. The largest absolute Gasteiger partial charge is 0.0654 e. The second kappa shape index (κ2) is 11.0. The van der Waals surface area contributed by atoms with Crippen molar-refractivity contribution < 1.29 is 0 Å². The van der Waals surface area contributed by atoms with Crippen molar-refractivity contribution in [1.82, 2.24) is 0 Å². The van der Waals surface area contributed by atoms with Gasteiger partial charge in [0.2, 0.25) is 0 Å². The van der Waals surface area contributed by atoms with Crippen molar-refractivity contribution in [2.45, 2.75) is 166 Å². The van der Waals surface area contributed by atoms with Gasteiger partial charge in [0.15, 0.2) is 0 Å². The van der Waals surface area contributed by atoms with Crippen LogP contribution in [0.25, 0.3) is 0 Å². The average Bonchev–Trinajstić information content (AvgIpc) is 3.25. The third kappa shape index (κ3) is 2.95. The number of hydrogen-bond donors (Lipinski definition) is 0. The van der Waals surface area contributed by atoms with Crippen LogP contribution < -0.4 is 0 Å². The maximum absolute atomic E-state index is 2.84. The lowest BCUT2D eigenvalue weighted by atomic mass is 8.97. The molecule has 0 saturated heterocycles. The predicted molar refractivity (Wildman–Crippen MR) is 196 cm³/mol. The van der Waals surface area contributed by atoms with Crippen LogP contribution in [0.1, 0.15) is 166 Å². The van der Waals surface area contributed by atoms with Crippen molar-refractivity contribution in [3.05, 3.63) is 0 Å². The Morgan fingerprint density at radius 2 is 1.28 bits per heavy atom. The Hall–Kier alpha value is 0. The van der Waals surface area contributed by atoms with Crippen LogP contribution in [0.4, 0.5) is 0 Å². The van der Waals surface area contributed by atoms with Gasteiger partial charge >= 0.3 is 0 Å². The van der Waals surface area contributed by atoms with Crippen molar-refractivity contribution in [1.29, 1.82) is 0 Å². The monoisotopic (exact) mass is 631 g/mol. The topological polar surface area (TPSA) is 0 Å². The zero-order valence-electron chi connectivity index (χ0n) is 32.7. The molecule has 0 amide bonds. The molecule has 8 saturated carbocycles. The van der Waals surface area contributed by atoms with Gasteiger partial charge in [-0.15, -0.1) is 0 Å². The highest BCUT2D eigenvalue weighted by Gasteiger charge is 3.08. The summed E-state index contributed by atoms with van der Waals surface area (Å²) in [5.74, 6) is 17.6. The minimum atomic E-state index is 0.673. The van der Waals surface area contributed by atoms with Gasteiger partial charge in [0.05, 0.1) is 0 Å². The molecule has 0 aliphatic heterocycles. The molecule has 262 valence electrons. The Labute approximate surface area is 287 Å². The van der Waals surface area contributed by atoms with Crippen LogP contribution in [-0.4, -0.2) is 0 Å². The first-order chi connectivity index (χ1) is 22.2. The molecule has 46 heavy (non-hydrogen) atoms. The molecule has 0 aromatic carbocycles. The molecule has 0 bridgehead atoms. The Kier molecular flexibility index (Phi) is 7.93. The lowest BCUT2D eigenvalue weighted by Crippen LogP contribution is -3.04. The number of rotatable bonds is 15. The van der Waals surface area contributed by atoms with E-state index in [-0.39, 0.29) is 0 Å². The molecule has 0 aromatic rings. The van der Waals surface area contributed by atoms with E-state index in [0.717, 1.165) is 111 Å². The van der Waals surface area contributed by atoms with Crippen LogP contribution in [0.5, 0.6) is 0 Å². The van der Waals surface area contributed by atoms with Gasteiger partial charge < -0.3 is 0 Å². The smallest absolute Gasteiger partial charge is 0.0100 e. The molecule has 8 aliphatic carbocycles. The van der Waals surface area contributed by atoms with Crippen molar-refractivity contribution in [2.75, 3.05) is 0 Å². The average molecular weight is 631 g/mol. The van der Waals surface area contributed by atoms with E-state index in [4.69, 9.17) is 0 Å². The minimum Gasteiger partial charge on any atom is -0.0654 e. The van der Waals surface area contributed by atoms with E-state index in [2.05, 4.69) is 76.2 Å². The van der Waals surface area contributed by atoms with Crippen LogP contribution >= 0.6 is 0 Å². The van der Waals surface area contributed by atoms with Gasteiger partial charge in [0.25, 0.3) is 0 Å². The summed E-state index contributed by atoms with van der Waals surface area (Å²) >= 11 is 0. The third-order valence-electron chi connectivity index (χ3n) is 20.7. The van der Waals surface area contributed by atoms with Gasteiger partial charge in [-0.05, 0) is 148 Å². The van der Waals surface area contributed by atoms with Gasteiger partial charge in [0.1, 0.15) is 0 Å². The molecular formula is C46H78. The maximum atomic E-state index is 2.84. The first kappa shape index (κ1) is 33.2. The quantitative estimate of drug-likeness (QED) is 0.169. The summed E-state index contributed by atoms with van der Waals surface area (Å²) in [6.07, 6.45) is 21.0. The van der Waals surface area contributed by atoms with Gasteiger partial charge in [-0.1, -0.05) is 140 Å². The van der Waals surface area contributed by atoms with Gasteiger partial charge in [0, 0.05) is 0 Å². The van der Waals surface area contributed by atoms with E-state index in [1.54, 1.807) is 25.7 Å². The van der Waals surface area contributed by atoms with E-state index in [0.29, 0.717) is 10.8 Å². The molecule has 0 heteroatoms. The molecule has 8 fully saturated rings. The molecule has 8 unspecified atom stereocenters. The highest BCUT2D eigenvalue weighted by molar-refractivity contribution is 5.54. The Morgan fingerprint density at radius 3 is 1.85 bits per heavy atom. The minimum absolute atomic E-state index is 0.673. The number of hydrogen-bond acceptors (Lipinski definition) is 0. The Bertz CT molecular complexity index is 1150. The molecule has 8 aliphatic rings. The Morgan fingerprint density at radius 1 is 0.630 bits per heavy atom. The van der Waals surface area contributed by atoms with Gasteiger partial charge in [-0.25, -0.2) is 0 Å². The van der Waals surface area contributed by atoms with E-state index in [1.165, 1.54) is 64.2 Å². The Balaban J connectivity index is 1.23. The lowest BCUT2D eigenvalue weighted by molar-refractivity contribution is -0.608. The zero-order chi connectivity index (χ0) is 32.7. The summed E-state index contributed by atoms with van der Waals surface area (Å²) in [7, 11) is 0. The van der Waals surface area contributed by atoms with E-state index < -0.39 is 0 Å². The maximum Gasteiger partial charge on any atom is -0.0100 e. The van der Waals surface area contributed by atoms with Crippen LogP contribution in [-0.2, 0) is 0 Å². The van der Waals surface area contributed by atoms with E-state index >= 15 is 0 Å². The second-order valence-corrected chi connectivity index (χ2v) is 20.1. The highest BCUT2D eigenvalue weighted by Crippen LogP contribution is 3.11. The summed E-state index contributed by atoms with van der Waals surface area (Å²) in [6.45, 7) is 29.2. The van der Waals surface area contributed by atoms with Crippen molar-refractivity contribution in [2.24, 2.45) is 122 Å². The predicted octanol–water partition coefficient (Wildman–Crippen LogP) is 13.2.